The Morgan fingerprint density at radius 3 is 2.65 bits per heavy atom. The average Bonchev–Trinajstić information content (AvgIpc) is 2.46. The van der Waals surface area contributed by atoms with Gasteiger partial charge >= 0.3 is 0 Å². The van der Waals surface area contributed by atoms with Crippen LogP contribution in [0.2, 0.25) is 0 Å². The highest BCUT2D eigenvalue weighted by atomic mass is 32.2. The number of aryl methyl sites for hydroxylation is 1. The smallest absolute Gasteiger partial charge is 0.172 e. The van der Waals surface area contributed by atoms with Crippen molar-refractivity contribution in [2.75, 3.05) is 5.75 Å². The standard InChI is InChI=1S/C18H26OS/c1-3-5-15-8-10-16(11-9-15)18(19)13-20-17-7-4-6-14(2)12-17/h8-11,14,17H,3-7,12-13H2,1-2H3. The lowest BCUT2D eigenvalue weighted by Gasteiger charge is -2.25. The van der Waals surface area contributed by atoms with Crippen LogP contribution in [0.15, 0.2) is 24.3 Å². The Bertz CT molecular complexity index is 424. The first-order chi connectivity index (χ1) is 9.69. The van der Waals surface area contributed by atoms with Crippen LogP contribution in [0.3, 0.4) is 0 Å². The fourth-order valence-electron chi connectivity index (χ4n) is 2.95. The molecule has 2 unspecified atom stereocenters. The van der Waals surface area contributed by atoms with Crippen LogP contribution < -0.4 is 0 Å². The van der Waals surface area contributed by atoms with Crippen molar-refractivity contribution in [2.45, 2.75) is 57.6 Å². The van der Waals surface area contributed by atoms with E-state index in [1.54, 1.807) is 0 Å². The summed E-state index contributed by atoms with van der Waals surface area (Å²) in [6.45, 7) is 4.52. The second kappa shape index (κ2) is 7.87. The second-order valence-corrected chi connectivity index (χ2v) is 7.36. The lowest BCUT2D eigenvalue weighted by Crippen LogP contribution is -2.17. The van der Waals surface area contributed by atoms with E-state index in [0.717, 1.165) is 24.3 Å². The number of rotatable bonds is 6. The number of benzene rings is 1. The van der Waals surface area contributed by atoms with Crippen LogP contribution in [-0.2, 0) is 6.42 Å². The molecule has 2 heteroatoms. The van der Waals surface area contributed by atoms with Gasteiger partial charge in [-0.2, -0.15) is 11.8 Å². The second-order valence-electron chi connectivity index (χ2n) is 6.07. The van der Waals surface area contributed by atoms with Gasteiger partial charge in [0.25, 0.3) is 0 Å². The number of hydrogen-bond donors (Lipinski definition) is 0. The lowest BCUT2D eigenvalue weighted by molar-refractivity contribution is 0.102. The predicted octanol–water partition coefficient (Wildman–Crippen LogP) is 5.13. The zero-order valence-electron chi connectivity index (χ0n) is 12.7. The molecule has 20 heavy (non-hydrogen) atoms. The first kappa shape index (κ1) is 15.6. The minimum absolute atomic E-state index is 0.288. The van der Waals surface area contributed by atoms with E-state index < -0.39 is 0 Å². The molecule has 1 aliphatic rings. The van der Waals surface area contributed by atoms with Gasteiger partial charge in [0, 0.05) is 10.8 Å². The minimum Gasteiger partial charge on any atom is -0.293 e. The van der Waals surface area contributed by atoms with Gasteiger partial charge in [-0.15, -0.1) is 0 Å². The first-order valence-corrected chi connectivity index (χ1v) is 8.97. The quantitative estimate of drug-likeness (QED) is 0.675. The van der Waals surface area contributed by atoms with Crippen molar-refractivity contribution in [2.24, 2.45) is 5.92 Å². The molecule has 1 aromatic carbocycles. The zero-order valence-corrected chi connectivity index (χ0v) is 13.5. The number of Topliss-reactive ketones (excluding diaryl/α,β-unsaturated/α-hetero) is 1. The zero-order chi connectivity index (χ0) is 14.4. The summed E-state index contributed by atoms with van der Waals surface area (Å²) in [6, 6.07) is 8.20. The minimum atomic E-state index is 0.288. The predicted molar refractivity (Wildman–Crippen MR) is 88.6 cm³/mol. The highest BCUT2D eigenvalue weighted by molar-refractivity contribution is 8.00. The van der Waals surface area contributed by atoms with E-state index in [1.807, 2.05) is 23.9 Å². The first-order valence-electron chi connectivity index (χ1n) is 7.92. The third-order valence-corrected chi connectivity index (χ3v) is 5.48. The van der Waals surface area contributed by atoms with Crippen LogP contribution in [0, 0.1) is 5.92 Å². The monoisotopic (exact) mass is 290 g/mol. The van der Waals surface area contributed by atoms with E-state index in [-0.39, 0.29) is 5.78 Å². The fraction of sp³-hybridized carbons (Fsp3) is 0.611. The van der Waals surface area contributed by atoms with Gasteiger partial charge in [-0.3, -0.25) is 4.79 Å². The van der Waals surface area contributed by atoms with Gasteiger partial charge < -0.3 is 0 Å². The van der Waals surface area contributed by atoms with Crippen LogP contribution in [0.5, 0.6) is 0 Å². The lowest BCUT2D eigenvalue weighted by atomic mass is 9.91. The summed E-state index contributed by atoms with van der Waals surface area (Å²) in [5.41, 5.74) is 2.21. The number of hydrogen-bond acceptors (Lipinski definition) is 2. The molecule has 2 atom stereocenters. The Labute approximate surface area is 127 Å². The van der Waals surface area contributed by atoms with E-state index in [2.05, 4.69) is 26.0 Å². The van der Waals surface area contributed by atoms with Crippen LogP contribution in [0.25, 0.3) is 0 Å². The molecule has 0 bridgehead atoms. The SMILES string of the molecule is CCCc1ccc(C(=O)CSC2CCCC(C)C2)cc1. The van der Waals surface area contributed by atoms with Crippen molar-refractivity contribution in [3.05, 3.63) is 35.4 Å². The summed E-state index contributed by atoms with van der Waals surface area (Å²) in [6.07, 6.45) is 7.53. The summed E-state index contributed by atoms with van der Waals surface area (Å²) < 4.78 is 0. The molecule has 0 amide bonds. The Morgan fingerprint density at radius 1 is 1.25 bits per heavy atom. The summed E-state index contributed by atoms with van der Waals surface area (Å²) in [7, 11) is 0. The number of carbonyl (C=O) groups is 1. The molecule has 1 nitrogen and oxygen atoms in total. The summed E-state index contributed by atoms with van der Waals surface area (Å²) in [5.74, 6) is 1.77. The van der Waals surface area contributed by atoms with Crippen LogP contribution in [0.1, 0.15) is 61.9 Å². The average molecular weight is 290 g/mol. The Kier molecular flexibility index (Phi) is 6.15. The maximum absolute atomic E-state index is 12.2. The molecule has 1 saturated carbocycles. The van der Waals surface area contributed by atoms with Crippen molar-refractivity contribution in [3.63, 3.8) is 0 Å². The maximum Gasteiger partial charge on any atom is 0.172 e. The van der Waals surface area contributed by atoms with Crippen LogP contribution >= 0.6 is 11.8 Å². The maximum atomic E-state index is 12.2. The Balaban J connectivity index is 1.82. The van der Waals surface area contributed by atoms with Crippen molar-refractivity contribution in [1.29, 1.82) is 0 Å². The molecule has 1 aliphatic carbocycles. The van der Waals surface area contributed by atoms with Gasteiger partial charge in [0.2, 0.25) is 0 Å². The van der Waals surface area contributed by atoms with Gasteiger partial charge in [0.05, 0.1) is 5.75 Å². The number of thioether (sulfide) groups is 1. The van der Waals surface area contributed by atoms with E-state index in [1.165, 1.54) is 31.2 Å². The molecule has 0 aromatic heterocycles. The van der Waals surface area contributed by atoms with Gasteiger partial charge in [0.1, 0.15) is 0 Å². The van der Waals surface area contributed by atoms with Crippen molar-refractivity contribution in [1.82, 2.24) is 0 Å². The molecule has 0 saturated heterocycles. The molecule has 2 rings (SSSR count). The van der Waals surface area contributed by atoms with Gasteiger partial charge in [0.15, 0.2) is 5.78 Å². The highest BCUT2D eigenvalue weighted by Crippen LogP contribution is 2.32. The molecule has 1 aromatic rings. The van der Waals surface area contributed by atoms with Crippen molar-refractivity contribution >= 4 is 17.5 Å². The highest BCUT2D eigenvalue weighted by Gasteiger charge is 2.20. The van der Waals surface area contributed by atoms with E-state index >= 15 is 0 Å². The fourth-order valence-corrected chi connectivity index (χ4v) is 4.30. The molecule has 0 radical (unpaired) electrons. The molecule has 1 fully saturated rings. The van der Waals surface area contributed by atoms with Crippen LogP contribution in [0.4, 0.5) is 0 Å². The van der Waals surface area contributed by atoms with Gasteiger partial charge in [-0.1, -0.05) is 57.4 Å². The molecular formula is C18H26OS. The van der Waals surface area contributed by atoms with Crippen molar-refractivity contribution < 1.29 is 4.79 Å². The third kappa shape index (κ3) is 4.66. The summed E-state index contributed by atoms with van der Waals surface area (Å²) in [5, 5.41) is 0.696. The molecule has 0 spiro atoms. The van der Waals surface area contributed by atoms with E-state index in [4.69, 9.17) is 0 Å². The summed E-state index contributed by atoms with van der Waals surface area (Å²) >= 11 is 1.87. The topological polar surface area (TPSA) is 17.1 Å². The third-order valence-electron chi connectivity index (χ3n) is 4.15. The Morgan fingerprint density at radius 2 is 2.00 bits per heavy atom. The van der Waals surface area contributed by atoms with Crippen LogP contribution in [-0.4, -0.2) is 16.8 Å². The van der Waals surface area contributed by atoms with Gasteiger partial charge in [-0.05, 0) is 30.7 Å². The number of ketones is 1. The molecule has 110 valence electrons. The largest absolute Gasteiger partial charge is 0.293 e. The molecular weight excluding hydrogens is 264 g/mol. The van der Waals surface area contributed by atoms with E-state index in [0.29, 0.717) is 11.0 Å². The van der Waals surface area contributed by atoms with Crippen molar-refractivity contribution in [3.8, 4) is 0 Å². The molecule has 0 heterocycles. The normalized spacial score (nSPS) is 22.7. The van der Waals surface area contributed by atoms with Gasteiger partial charge in [-0.25, -0.2) is 0 Å². The molecule has 0 aliphatic heterocycles. The summed E-state index contributed by atoms with van der Waals surface area (Å²) in [4.78, 5) is 12.2. The molecule has 0 N–H and O–H groups in total. The number of carbonyl (C=O) groups excluding carboxylic acids is 1. The Hall–Kier alpha value is -0.760. The van der Waals surface area contributed by atoms with E-state index in [9.17, 15) is 4.79 Å².